The summed E-state index contributed by atoms with van der Waals surface area (Å²) in [6, 6.07) is 0. The van der Waals surface area contributed by atoms with Gasteiger partial charge >= 0.3 is 0 Å². The molecule has 0 aliphatic heterocycles. The average molecular weight is 265 g/mol. The van der Waals surface area contributed by atoms with E-state index >= 15 is 0 Å². The van der Waals surface area contributed by atoms with Crippen LogP contribution in [0.1, 0.15) is 48.0 Å². The maximum Gasteiger partial charge on any atom is 0.104 e. The molecule has 0 saturated heterocycles. The van der Waals surface area contributed by atoms with Crippen molar-refractivity contribution in [2.45, 2.75) is 48.0 Å². The zero-order chi connectivity index (χ0) is 15.1. The molecule has 0 bridgehead atoms. The van der Waals surface area contributed by atoms with E-state index in [2.05, 4.69) is 72.7 Å². The summed E-state index contributed by atoms with van der Waals surface area (Å²) >= 11 is 0. The maximum atomic E-state index is 11.0. The van der Waals surface area contributed by atoms with Crippen LogP contribution in [0.4, 0.5) is 0 Å². The molecule has 0 radical (unpaired) electrons. The van der Waals surface area contributed by atoms with Gasteiger partial charge in [-0.2, -0.15) is 0 Å². The van der Waals surface area contributed by atoms with Gasteiger partial charge in [0.1, 0.15) is 5.76 Å². The molecule has 1 aliphatic rings. The van der Waals surface area contributed by atoms with E-state index in [1.807, 2.05) is 0 Å². The van der Waals surface area contributed by atoms with E-state index in [1.54, 1.807) is 0 Å². The van der Waals surface area contributed by atoms with Crippen molar-refractivity contribution in [2.75, 3.05) is 20.6 Å². The Labute approximate surface area is 119 Å². The molecular weight excluding hydrogens is 234 g/mol. The highest BCUT2D eigenvalue weighted by Crippen LogP contribution is 2.52. The van der Waals surface area contributed by atoms with Crippen LogP contribution in [0.25, 0.3) is 0 Å². The number of rotatable bonds is 2. The first kappa shape index (κ1) is 16.3. The summed E-state index contributed by atoms with van der Waals surface area (Å²) in [7, 11) is 4.16. The maximum absolute atomic E-state index is 11.0. The van der Waals surface area contributed by atoms with Crippen molar-refractivity contribution in [3.8, 4) is 0 Å². The number of nitrogens with zero attached hydrogens (tertiary/aromatic N) is 1. The van der Waals surface area contributed by atoms with Crippen LogP contribution < -0.4 is 0 Å². The monoisotopic (exact) mass is 265 g/mol. The minimum Gasteiger partial charge on any atom is -0.511 e. The van der Waals surface area contributed by atoms with Crippen LogP contribution >= 0.6 is 0 Å². The van der Waals surface area contributed by atoms with E-state index in [9.17, 15) is 5.11 Å². The Balaban J connectivity index is 3.42. The lowest BCUT2D eigenvalue weighted by atomic mass is 9.59. The third-order valence-electron chi connectivity index (χ3n) is 4.29. The highest BCUT2D eigenvalue weighted by Gasteiger charge is 2.48. The lowest BCUT2D eigenvalue weighted by Crippen LogP contribution is -2.47. The molecule has 110 valence electrons. The molecule has 0 aromatic rings. The van der Waals surface area contributed by atoms with E-state index in [1.165, 1.54) is 0 Å². The fourth-order valence-electron chi connectivity index (χ4n) is 2.99. The van der Waals surface area contributed by atoms with Gasteiger partial charge in [-0.25, -0.2) is 0 Å². The largest absolute Gasteiger partial charge is 0.511 e. The third-order valence-corrected chi connectivity index (χ3v) is 4.29. The molecule has 0 heterocycles. The molecule has 0 saturated carbocycles. The molecule has 0 fully saturated rings. The second kappa shape index (κ2) is 4.97. The first-order valence-corrected chi connectivity index (χ1v) is 7.17. The molecule has 2 heteroatoms. The lowest BCUT2D eigenvalue weighted by Gasteiger charge is -2.48. The fourth-order valence-corrected chi connectivity index (χ4v) is 2.99. The molecule has 0 aromatic heterocycles. The van der Waals surface area contributed by atoms with E-state index in [4.69, 9.17) is 0 Å². The van der Waals surface area contributed by atoms with Crippen molar-refractivity contribution in [2.24, 2.45) is 16.2 Å². The van der Waals surface area contributed by atoms with Crippen molar-refractivity contribution >= 4 is 0 Å². The van der Waals surface area contributed by atoms with Gasteiger partial charge in [0.05, 0.1) is 0 Å². The van der Waals surface area contributed by atoms with Crippen molar-refractivity contribution in [1.82, 2.24) is 4.90 Å². The Bertz CT molecular complexity index is 390. The Morgan fingerprint density at radius 3 is 2.05 bits per heavy atom. The van der Waals surface area contributed by atoms with Gasteiger partial charge in [0.2, 0.25) is 0 Å². The van der Waals surface area contributed by atoms with Gasteiger partial charge in [-0.3, -0.25) is 0 Å². The number of allylic oxidation sites excluding steroid dienone is 3. The number of hydrogen-bond donors (Lipinski definition) is 1. The van der Waals surface area contributed by atoms with Gasteiger partial charge in [-0.05, 0) is 36.9 Å². The van der Waals surface area contributed by atoms with E-state index < -0.39 is 0 Å². The summed E-state index contributed by atoms with van der Waals surface area (Å²) in [6.07, 6.45) is 5.24. The van der Waals surface area contributed by atoms with E-state index in [0.717, 1.165) is 18.5 Å². The van der Waals surface area contributed by atoms with Crippen LogP contribution in [0.2, 0.25) is 0 Å². The topological polar surface area (TPSA) is 23.5 Å². The summed E-state index contributed by atoms with van der Waals surface area (Å²) in [5, 5.41) is 11.0. The van der Waals surface area contributed by atoms with Crippen molar-refractivity contribution in [1.29, 1.82) is 0 Å². The quantitative estimate of drug-likeness (QED) is 0.800. The molecule has 19 heavy (non-hydrogen) atoms. The lowest BCUT2D eigenvalue weighted by molar-refractivity contribution is 0.0418. The van der Waals surface area contributed by atoms with Crippen molar-refractivity contribution in [3.63, 3.8) is 0 Å². The second-order valence-electron chi connectivity index (χ2n) is 8.19. The highest BCUT2D eigenvalue weighted by atomic mass is 16.3. The van der Waals surface area contributed by atoms with Crippen molar-refractivity contribution < 1.29 is 5.11 Å². The van der Waals surface area contributed by atoms with Crippen LogP contribution in [0.15, 0.2) is 23.5 Å². The minimum atomic E-state index is -0.201. The van der Waals surface area contributed by atoms with Crippen LogP contribution in [0, 0.1) is 16.2 Å². The third kappa shape index (κ3) is 3.05. The molecule has 1 unspecified atom stereocenters. The number of aliphatic hydroxyl groups excluding tert-OH is 1. The van der Waals surface area contributed by atoms with Crippen LogP contribution in [0.5, 0.6) is 0 Å². The molecular formula is C17H31NO. The minimum absolute atomic E-state index is 0.0165. The zero-order valence-corrected chi connectivity index (χ0v) is 14.0. The van der Waals surface area contributed by atoms with Crippen LogP contribution in [0.3, 0.4) is 0 Å². The molecule has 0 spiro atoms. The SMILES string of the molecule is CN(C)CC1(C(C)(C)C)CC=CC(C(C)(C)C)=C1O. The summed E-state index contributed by atoms with van der Waals surface area (Å²) in [5.41, 5.74) is 0.871. The molecule has 1 atom stereocenters. The Morgan fingerprint density at radius 1 is 1.16 bits per heavy atom. The van der Waals surface area contributed by atoms with Crippen LogP contribution in [-0.2, 0) is 0 Å². The van der Waals surface area contributed by atoms with Crippen molar-refractivity contribution in [3.05, 3.63) is 23.5 Å². The normalized spacial score (nSPS) is 25.3. The molecule has 0 amide bonds. The molecule has 1 rings (SSSR count). The highest BCUT2D eigenvalue weighted by molar-refractivity contribution is 5.37. The van der Waals surface area contributed by atoms with E-state index in [0.29, 0.717) is 5.76 Å². The predicted molar refractivity (Wildman–Crippen MR) is 83.3 cm³/mol. The Hall–Kier alpha value is -0.760. The zero-order valence-electron chi connectivity index (χ0n) is 14.0. The molecule has 2 nitrogen and oxygen atoms in total. The number of aliphatic hydroxyl groups is 1. The smallest absolute Gasteiger partial charge is 0.104 e. The van der Waals surface area contributed by atoms with Gasteiger partial charge in [0.25, 0.3) is 0 Å². The Kier molecular flexibility index (Phi) is 4.26. The standard InChI is InChI=1S/C17H31NO/c1-15(2,3)13-10-9-11-17(14(13)19,12-18(7)8)16(4,5)6/h9-10,19H,11-12H2,1-8H3. The predicted octanol–water partition coefficient (Wildman–Crippen LogP) is 4.40. The molecule has 0 aromatic carbocycles. The van der Waals surface area contributed by atoms with E-state index in [-0.39, 0.29) is 16.2 Å². The fraction of sp³-hybridized carbons (Fsp3) is 0.765. The average Bonchev–Trinajstić information content (AvgIpc) is 2.16. The summed E-state index contributed by atoms with van der Waals surface area (Å²) < 4.78 is 0. The second-order valence-corrected chi connectivity index (χ2v) is 8.19. The molecule has 1 N–H and O–H groups in total. The summed E-state index contributed by atoms with van der Waals surface area (Å²) in [5.74, 6) is 0.587. The number of hydrogen-bond acceptors (Lipinski definition) is 2. The van der Waals surface area contributed by atoms with Crippen LogP contribution in [-0.4, -0.2) is 30.6 Å². The first-order chi connectivity index (χ1) is 8.42. The van der Waals surface area contributed by atoms with Gasteiger partial charge in [-0.1, -0.05) is 53.7 Å². The summed E-state index contributed by atoms with van der Waals surface area (Å²) in [6.45, 7) is 14.0. The Morgan fingerprint density at radius 2 is 1.68 bits per heavy atom. The molecule has 1 aliphatic carbocycles. The van der Waals surface area contributed by atoms with Gasteiger partial charge in [-0.15, -0.1) is 0 Å². The van der Waals surface area contributed by atoms with Gasteiger partial charge < -0.3 is 10.0 Å². The first-order valence-electron chi connectivity index (χ1n) is 7.17. The van der Waals surface area contributed by atoms with Gasteiger partial charge in [0, 0.05) is 12.0 Å². The summed E-state index contributed by atoms with van der Waals surface area (Å²) in [4.78, 5) is 2.18. The van der Waals surface area contributed by atoms with Gasteiger partial charge in [0.15, 0.2) is 0 Å².